The third kappa shape index (κ3) is 3.29. The molecule has 0 bridgehead atoms. The van der Waals surface area contributed by atoms with Gasteiger partial charge in [-0.1, -0.05) is 0 Å². The molecule has 2 fully saturated rings. The molecule has 1 unspecified atom stereocenters. The van der Waals surface area contributed by atoms with Crippen molar-refractivity contribution in [1.29, 1.82) is 0 Å². The Kier molecular flexibility index (Phi) is 4.23. The van der Waals surface area contributed by atoms with E-state index < -0.39 is 9.84 Å². The van der Waals surface area contributed by atoms with E-state index in [1.165, 1.54) is 7.11 Å². The van der Waals surface area contributed by atoms with Crippen LogP contribution in [-0.4, -0.2) is 57.0 Å². The Labute approximate surface area is 136 Å². The van der Waals surface area contributed by atoms with Gasteiger partial charge in [-0.2, -0.15) is 0 Å². The summed E-state index contributed by atoms with van der Waals surface area (Å²) in [5.74, 6) is 1.16. The van der Waals surface area contributed by atoms with Gasteiger partial charge in [0.15, 0.2) is 21.3 Å². The minimum absolute atomic E-state index is 0.0720. The summed E-state index contributed by atoms with van der Waals surface area (Å²) in [4.78, 5) is 14.7. The fourth-order valence-corrected chi connectivity index (χ4v) is 4.81. The molecule has 1 aliphatic heterocycles. The number of amides is 1. The first-order valence-electron chi connectivity index (χ1n) is 7.70. The van der Waals surface area contributed by atoms with Gasteiger partial charge >= 0.3 is 0 Å². The van der Waals surface area contributed by atoms with Gasteiger partial charge in [0, 0.05) is 17.6 Å². The smallest absolute Gasteiger partial charge is 0.254 e. The zero-order chi connectivity index (χ0) is 16.6. The maximum Gasteiger partial charge on any atom is 0.254 e. The van der Waals surface area contributed by atoms with Gasteiger partial charge in [-0.05, 0) is 37.5 Å². The number of carbonyl (C=O) groups excluding carboxylic acids is 1. The molecule has 6 nitrogen and oxygen atoms in total. The minimum atomic E-state index is -3.02. The predicted molar refractivity (Wildman–Crippen MR) is 85.8 cm³/mol. The van der Waals surface area contributed by atoms with Crippen molar-refractivity contribution in [3.8, 4) is 11.5 Å². The standard InChI is InChI=1S/C16H21NO5S/c1-21-14-6-3-11(9-15(14)22-2)16(18)17(12-4-5-12)13-7-8-23(19,20)10-13/h3,6,9,12-13H,4-5,7-8,10H2,1-2H3. The molecule has 0 radical (unpaired) electrons. The summed E-state index contributed by atoms with van der Waals surface area (Å²) < 4.78 is 34.0. The normalized spacial score (nSPS) is 22.6. The van der Waals surface area contributed by atoms with Crippen LogP contribution >= 0.6 is 0 Å². The Morgan fingerprint density at radius 1 is 1.09 bits per heavy atom. The van der Waals surface area contributed by atoms with Gasteiger partial charge in [-0.25, -0.2) is 8.42 Å². The Morgan fingerprint density at radius 2 is 1.78 bits per heavy atom. The molecule has 1 saturated carbocycles. The molecule has 1 amide bonds. The highest BCUT2D eigenvalue weighted by atomic mass is 32.2. The number of ether oxygens (including phenoxy) is 2. The third-order valence-electron chi connectivity index (χ3n) is 4.41. The molecular weight excluding hydrogens is 318 g/mol. The van der Waals surface area contributed by atoms with Gasteiger partial charge in [-0.15, -0.1) is 0 Å². The molecule has 1 aliphatic carbocycles. The highest BCUT2D eigenvalue weighted by Gasteiger charge is 2.42. The van der Waals surface area contributed by atoms with Gasteiger partial charge in [0.05, 0.1) is 25.7 Å². The first kappa shape index (κ1) is 16.1. The van der Waals surface area contributed by atoms with E-state index in [0.29, 0.717) is 23.5 Å². The molecule has 2 aliphatic rings. The van der Waals surface area contributed by atoms with E-state index in [4.69, 9.17) is 9.47 Å². The molecular formula is C16H21NO5S. The lowest BCUT2D eigenvalue weighted by Crippen LogP contribution is -2.42. The molecule has 0 N–H and O–H groups in total. The number of rotatable bonds is 5. The molecule has 0 aromatic heterocycles. The summed E-state index contributed by atoms with van der Waals surface area (Å²) >= 11 is 0. The Hall–Kier alpha value is -1.76. The SMILES string of the molecule is COc1ccc(C(=O)N(C2CC2)C2CCS(=O)(=O)C2)cc1OC. The highest BCUT2D eigenvalue weighted by Crippen LogP contribution is 2.35. The van der Waals surface area contributed by atoms with Crippen LogP contribution in [0.25, 0.3) is 0 Å². The Morgan fingerprint density at radius 3 is 2.30 bits per heavy atom. The number of hydrogen-bond donors (Lipinski definition) is 0. The number of benzene rings is 1. The second-order valence-corrected chi connectivity index (χ2v) is 8.30. The van der Waals surface area contributed by atoms with Crippen LogP contribution in [0.2, 0.25) is 0 Å². The fraction of sp³-hybridized carbons (Fsp3) is 0.562. The lowest BCUT2D eigenvalue weighted by atomic mass is 10.1. The second-order valence-electron chi connectivity index (χ2n) is 6.07. The van der Waals surface area contributed by atoms with Gasteiger partial charge in [0.2, 0.25) is 0 Å². The van der Waals surface area contributed by atoms with Gasteiger partial charge in [-0.3, -0.25) is 4.79 Å². The maximum absolute atomic E-state index is 12.9. The first-order chi connectivity index (χ1) is 10.9. The van der Waals surface area contributed by atoms with Crippen molar-refractivity contribution in [2.24, 2.45) is 0 Å². The van der Waals surface area contributed by atoms with Crippen molar-refractivity contribution < 1.29 is 22.7 Å². The number of sulfone groups is 1. The van der Waals surface area contributed by atoms with Crippen LogP contribution < -0.4 is 9.47 Å². The summed E-state index contributed by atoms with van der Waals surface area (Å²) in [6.07, 6.45) is 2.41. The van der Waals surface area contributed by atoms with E-state index in [1.54, 1.807) is 30.2 Å². The molecule has 1 atom stereocenters. The number of carbonyl (C=O) groups is 1. The summed E-state index contributed by atoms with van der Waals surface area (Å²) in [7, 11) is 0.0390. The van der Waals surface area contributed by atoms with E-state index >= 15 is 0 Å². The van der Waals surface area contributed by atoms with Crippen LogP contribution in [0.5, 0.6) is 11.5 Å². The molecule has 0 spiro atoms. The average molecular weight is 339 g/mol. The van der Waals surface area contributed by atoms with Crippen molar-refractivity contribution in [2.45, 2.75) is 31.3 Å². The summed E-state index contributed by atoms with van der Waals surface area (Å²) in [5, 5.41) is 0. The van der Waals surface area contributed by atoms with Crippen molar-refractivity contribution in [3.05, 3.63) is 23.8 Å². The molecule has 7 heteroatoms. The largest absolute Gasteiger partial charge is 0.493 e. The van der Waals surface area contributed by atoms with E-state index in [1.807, 2.05) is 0 Å². The third-order valence-corrected chi connectivity index (χ3v) is 6.16. The number of nitrogens with zero attached hydrogens (tertiary/aromatic N) is 1. The zero-order valence-electron chi connectivity index (χ0n) is 13.3. The molecule has 1 aromatic rings. The average Bonchev–Trinajstić information content (AvgIpc) is 3.30. The van der Waals surface area contributed by atoms with Gasteiger partial charge in [0.1, 0.15) is 0 Å². The highest BCUT2D eigenvalue weighted by molar-refractivity contribution is 7.91. The molecule has 23 heavy (non-hydrogen) atoms. The van der Waals surface area contributed by atoms with E-state index in [0.717, 1.165) is 12.8 Å². The van der Waals surface area contributed by atoms with Crippen molar-refractivity contribution in [2.75, 3.05) is 25.7 Å². The van der Waals surface area contributed by atoms with Gasteiger partial charge in [0.25, 0.3) is 5.91 Å². The molecule has 3 rings (SSSR count). The quantitative estimate of drug-likeness (QED) is 0.813. The first-order valence-corrected chi connectivity index (χ1v) is 9.52. The monoisotopic (exact) mass is 339 g/mol. The molecule has 1 saturated heterocycles. The molecule has 1 heterocycles. The Bertz CT molecular complexity index is 711. The lowest BCUT2D eigenvalue weighted by Gasteiger charge is -2.28. The van der Waals surface area contributed by atoms with Crippen molar-refractivity contribution >= 4 is 15.7 Å². The summed E-state index contributed by atoms with van der Waals surface area (Å²) in [5.41, 5.74) is 0.499. The van der Waals surface area contributed by atoms with Crippen LogP contribution in [0.15, 0.2) is 18.2 Å². The second kappa shape index (κ2) is 6.03. The molecule has 1 aromatic carbocycles. The van der Waals surface area contributed by atoms with Crippen molar-refractivity contribution in [1.82, 2.24) is 4.90 Å². The Balaban J connectivity index is 1.87. The fourth-order valence-electron chi connectivity index (χ4n) is 3.10. The summed E-state index contributed by atoms with van der Waals surface area (Å²) in [6.45, 7) is 0. The molecule has 126 valence electrons. The predicted octanol–water partition coefficient (Wildman–Crippen LogP) is 1.50. The summed E-state index contributed by atoms with van der Waals surface area (Å²) in [6, 6.07) is 4.99. The van der Waals surface area contributed by atoms with Crippen LogP contribution in [0.4, 0.5) is 0 Å². The number of hydrogen-bond acceptors (Lipinski definition) is 5. The van der Waals surface area contributed by atoms with E-state index in [2.05, 4.69) is 0 Å². The van der Waals surface area contributed by atoms with E-state index in [-0.39, 0.29) is 29.5 Å². The lowest BCUT2D eigenvalue weighted by molar-refractivity contribution is 0.0680. The topological polar surface area (TPSA) is 72.9 Å². The van der Waals surface area contributed by atoms with Crippen LogP contribution in [0.1, 0.15) is 29.6 Å². The maximum atomic E-state index is 12.9. The number of methoxy groups -OCH3 is 2. The van der Waals surface area contributed by atoms with Crippen LogP contribution in [0, 0.1) is 0 Å². The zero-order valence-corrected chi connectivity index (χ0v) is 14.1. The minimum Gasteiger partial charge on any atom is -0.493 e. The van der Waals surface area contributed by atoms with Gasteiger partial charge < -0.3 is 14.4 Å². The van der Waals surface area contributed by atoms with Crippen molar-refractivity contribution in [3.63, 3.8) is 0 Å². The van der Waals surface area contributed by atoms with E-state index in [9.17, 15) is 13.2 Å². The van der Waals surface area contributed by atoms with Crippen LogP contribution in [0.3, 0.4) is 0 Å². The van der Waals surface area contributed by atoms with Crippen LogP contribution in [-0.2, 0) is 9.84 Å².